The van der Waals surface area contributed by atoms with Gasteiger partial charge in [0.2, 0.25) is 0 Å². The summed E-state index contributed by atoms with van der Waals surface area (Å²) in [6.45, 7) is 3.93. The lowest BCUT2D eigenvalue weighted by Crippen LogP contribution is -2.16. The van der Waals surface area contributed by atoms with Crippen LogP contribution in [0.2, 0.25) is 0 Å². The van der Waals surface area contributed by atoms with Crippen molar-refractivity contribution in [2.24, 2.45) is 0 Å². The number of hydrogen-bond acceptors (Lipinski definition) is 2. The van der Waals surface area contributed by atoms with Crippen molar-refractivity contribution in [2.75, 3.05) is 7.11 Å². The summed E-state index contributed by atoms with van der Waals surface area (Å²) in [4.78, 5) is 11.7. The Morgan fingerprint density at radius 1 is 1.19 bits per heavy atom. The van der Waals surface area contributed by atoms with Gasteiger partial charge in [-0.05, 0) is 43.0 Å². The molecule has 2 aromatic carbocycles. The summed E-state index contributed by atoms with van der Waals surface area (Å²) in [7, 11) is 1.60. The van der Waals surface area contributed by atoms with Crippen molar-refractivity contribution < 1.29 is 14.6 Å². The van der Waals surface area contributed by atoms with Crippen LogP contribution in [0.15, 0.2) is 42.5 Å². The van der Waals surface area contributed by atoms with Crippen LogP contribution in [-0.2, 0) is 11.2 Å². The highest BCUT2D eigenvalue weighted by molar-refractivity contribution is 5.77. The molecule has 0 aliphatic rings. The molecule has 0 aliphatic heterocycles. The SMILES string of the molecule is COc1ccccc1CC(C(=O)O)c1cc(C)ccc1C. The minimum Gasteiger partial charge on any atom is -0.496 e. The monoisotopic (exact) mass is 284 g/mol. The molecule has 1 unspecified atom stereocenters. The van der Waals surface area contributed by atoms with Crippen LogP contribution in [0.3, 0.4) is 0 Å². The van der Waals surface area contributed by atoms with Gasteiger partial charge < -0.3 is 9.84 Å². The molecular weight excluding hydrogens is 264 g/mol. The Hall–Kier alpha value is -2.29. The second-order valence-electron chi connectivity index (χ2n) is 5.27. The minimum atomic E-state index is -0.811. The number of methoxy groups -OCH3 is 1. The molecule has 0 saturated carbocycles. The van der Waals surface area contributed by atoms with Crippen molar-refractivity contribution in [3.05, 3.63) is 64.7 Å². The van der Waals surface area contributed by atoms with Gasteiger partial charge >= 0.3 is 5.97 Å². The number of carbonyl (C=O) groups is 1. The van der Waals surface area contributed by atoms with E-state index in [4.69, 9.17) is 4.74 Å². The van der Waals surface area contributed by atoms with E-state index in [0.717, 1.165) is 28.0 Å². The first-order valence-electron chi connectivity index (χ1n) is 6.94. The quantitative estimate of drug-likeness (QED) is 0.910. The number of rotatable bonds is 5. The Kier molecular flexibility index (Phi) is 4.63. The van der Waals surface area contributed by atoms with E-state index in [9.17, 15) is 9.90 Å². The van der Waals surface area contributed by atoms with Gasteiger partial charge in [-0.1, -0.05) is 42.0 Å². The maximum absolute atomic E-state index is 11.7. The average Bonchev–Trinajstić information content (AvgIpc) is 2.47. The van der Waals surface area contributed by atoms with Crippen LogP contribution in [0, 0.1) is 13.8 Å². The van der Waals surface area contributed by atoms with Crippen molar-refractivity contribution >= 4 is 5.97 Å². The molecule has 0 heterocycles. The van der Waals surface area contributed by atoms with Gasteiger partial charge in [-0.15, -0.1) is 0 Å². The molecule has 0 amide bonds. The number of aryl methyl sites for hydroxylation is 2. The summed E-state index contributed by atoms with van der Waals surface area (Å²) in [5, 5.41) is 9.63. The molecule has 1 N–H and O–H groups in total. The highest BCUT2D eigenvalue weighted by Crippen LogP contribution is 2.29. The van der Waals surface area contributed by atoms with Crippen LogP contribution < -0.4 is 4.74 Å². The minimum absolute atomic E-state index is 0.420. The third-order valence-electron chi connectivity index (χ3n) is 3.72. The van der Waals surface area contributed by atoms with Gasteiger partial charge in [0.1, 0.15) is 5.75 Å². The predicted molar refractivity (Wildman–Crippen MR) is 83.0 cm³/mol. The molecule has 3 nitrogen and oxygen atoms in total. The number of para-hydroxylation sites is 1. The fraction of sp³-hybridized carbons (Fsp3) is 0.278. The van der Waals surface area contributed by atoms with Gasteiger partial charge in [0.15, 0.2) is 0 Å². The van der Waals surface area contributed by atoms with E-state index in [1.807, 2.05) is 56.3 Å². The first kappa shape index (κ1) is 15.1. The van der Waals surface area contributed by atoms with E-state index >= 15 is 0 Å². The first-order chi connectivity index (χ1) is 10.0. The molecule has 0 spiro atoms. The first-order valence-corrected chi connectivity index (χ1v) is 6.94. The molecule has 0 radical (unpaired) electrons. The van der Waals surface area contributed by atoms with E-state index in [-0.39, 0.29) is 0 Å². The number of benzene rings is 2. The fourth-order valence-corrected chi connectivity index (χ4v) is 2.56. The zero-order valence-electron chi connectivity index (χ0n) is 12.6. The van der Waals surface area contributed by atoms with Crippen LogP contribution in [0.25, 0.3) is 0 Å². The third-order valence-corrected chi connectivity index (χ3v) is 3.72. The van der Waals surface area contributed by atoms with E-state index < -0.39 is 11.9 Å². The number of hydrogen-bond donors (Lipinski definition) is 1. The van der Waals surface area contributed by atoms with Crippen LogP contribution in [0.4, 0.5) is 0 Å². The summed E-state index contributed by atoms with van der Waals surface area (Å²) < 4.78 is 5.32. The molecule has 2 rings (SSSR count). The maximum atomic E-state index is 11.7. The number of aliphatic carboxylic acids is 1. The Bertz CT molecular complexity index is 647. The lowest BCUT2D eigenvalue weighted by molar-refractivity contribution is -0.138. The smallest absolute Gasteiger partial charge is 0.311 e. The second kappa shape index (κ2) is 6.44. The van der Waals surface area contributed by atoms with E-state index in [1.165, 1.54) is 0 Å². The summed E-state index contributed by atoms with van der Waals surface area (Å²) >= 11 is 0. The normalized spacial score (nSPS) is 12.0. The number of ether oxygens (including phenoxy) is 1. The molecule has 0 aromatic heterocycles. The van der Waals surface area contributed by atoms with Crippen molar-refractivity contribution in [2.45, 2.75) is 26.2 Å². The maximum Gasteiger partial charge on any atom is 0.311 e. The third kappa shape index (κ3) is 3.43. The standard InChI is InChI=1S/C18H20O3/c1-12-8-9-13(2)15(10-12)16(18(19)20)11-14-6-4-5-7-17(14)21-3/h4-10,16H,11H2,1-3H3,(H,19,20). The number of carboxylic acids is 1. The highest BCUT2D eigenvalue weighted by atomic mass is 16.5. The molecule has 2 aromatic rings. The van der Waals surface area contributed by atoms with Crippen LogP contribution in [-0.4, -0.2) is 18.2 Å². The van der Waals surface area contributed by atoms with E-state index in [0.29, 0.717) is 6.42 Å². The lowest BCUT2D eigenvalue weighted by atomic mass is 9.88. The summed E-state index contributed by atoms with van der Waals surface area (Å²) in [5.74, 6) is -0.648. The van der Waals surface area contributed by atoms with Gasteiger partial charge in [-0.25, -0.2) is 0 Å². The molecule has 21 heavy (non-hydrogen) atoms. The topological polar surface area (TPSA) is 46.5 Å². The molecule has 0 fully saturated rings. The van der Waals surface area contributed by atoms with Crippen molar-refractivity contribution in [3.8, 4) is 5.75 Å². The van der Waals surface area contributed by atoms with Crippen LogP contribution in [0.1, 0.15) is 28.2 Å². The predicted octanol–water partition coefficient (Wildman–Crippen LogP) is 3.72. The van der Waals surface area contributed by atoms with Gasteiger partial charge in [-0.3, -0.25) is 4.79 Å². The molecular formula is C18H20O3. The molecule has 110 valence electrons. The van der Waals surface area contributed by atoms with Gasteiger partial charge in [0.05, 0.1) is 13.0 Å². The van der Waals surface area contributed by atoms with Gasteiger partial charge in [-0.2, -0.15) is 0 Å². The van der Waals surface area contributed by atoms with Crippen LogP contribution >= 0.6 is 0 Å². The van der Waals surface area contributed by atoms with E-state index in [2.05, 4.69) is 0 Å². The average molecular weight is 284 g/mol. The summed E-state index contributed by atoms with van der Waals surface area (Å²) in [5.41, 5.74) is 3.85. The molecule has 1 atom stereocenters. The Balaban J connectivity index is 2.40. The Labute approximate surface area is 125 Å². The Morgan fingerprint density at radius 2 is 1.90 bits per heavy atom. The largest absolute Gasteiger partial charge is 0.496 e. The zero-order valence-corrected chi connectivity index (χ0v) is 12.6. The van der Waals surface area contributed by atoms with E-state index in [1.54, 1.807) is 7.11 Å². The van der Waals surface area contributed by atoms with Crippen molar-refractivity contribution in [1.82, 2.24) is 0 Å². The van der Waals surface area contributed by atoms with Crippen molar-refractivity contribution in [3.63, 3.8) is 0 Å². The molecule has 3 heteroatoms. The molecule has 0 bridgehead atoms. The fourth-order valence-electron chi connectivity index (χ4n) is 2.56. The summed E-state index contributed by atoms with van der Waals surface area (Å²) in [6, 6.07) is 13.5. The van der Waals surface area contributed by atoms with Gasteiger partial charge in [0, 0.05) is 0 Å². The highest BCUT2D eigenvalue weighted by Gasteiger charge is 2.23. The number of carboxylic acid groups (broad SMARTS) is 1. The zero-order chi connectivity index (χ0) is 15.4. The summed E-state index contributed by atoms with van der Waals surface area (Å²) in [6.07, 6.45) is 0.420. The Morgan fingerprint density at radius 3 is 2.57 bits per heavy atom. The van der Waals surface area contributed by atoms with Crippen LogP contribution in [0.5, 0.6) is 5.75 Å². The second-order valence-corrected chi connectivity index (χ2v) is 5.27. The molecule has 0 aliphatic carbocycles. The van der Waals surface area contributed by atoms with Crippen molar-refractivity contribution in [1.29, 1.82) is 0 Å². The molecule has 0 saturated heterocycles. The lowest BCUT2D eigenvalue weighted by Gasteiger charge is -2.17. The van der Waals surface area contributed by atoms with Gasteiger partial charge in [0.25, 0.3) is 0 Å².